The van der Waals surface area contributed by atoms with Crippen LogP contribution in [-0.2, 0) is 6.54 Å². The number of thioether (sulfide) groups is 1. The Labute approximate surface area is 131 Å². The van der Waals surface area contributed by atoms with Gasteiger partial charge >= 0.3 is 0 Å². The highest BCUT2D eigenvalue weighted by atomic mass is 79.9. The lowest BCUT2D eigenvalue weighted by atomic mass is 10.2. The van der Waals surface area contributed by atoms with Gasteiger partial charge in [-0.2, -0.15) is 11.8 Å². The van der Waals surface area contributed by atoms with Crippen LogP contribution in [0.3, 0.4) is 0 Å². The van der Waals surface area contributed by atoms with E-state index in [4.69, 9.17) is 4.74 Å². The molecule has 0 aliphatic carbocycles. The molecule has 0 aromatic heterocycles. The summed E-state index contributed by atoms with van der Waals surface area (Å²) in [7, 11) is 1.68. The van der Waals surface area contributed by atoms with E-state index in [2.05, 4.69) is 55.6 Å². The molecular weight excluding hydrogens is 378 g/mol. The quantitative estimate of drug-likeness (QED) is 0.655. The van der Waals surface area contributed by atoms with E-state index < -0.39 is 0 Å². The van der Waals surface area contributed by atoms with Gasteiger partial charge in [-0.1, -0.05) is 0 Å². The molecule has 0 unspecified atom stereocenters. The second-order valence-corrected chi connectivity index (χ2v) is 6.66. The van der Waals surface area contributed by atoms with E-state index in [0.29, 0.717) is 0 Å². The molecule has 0 heterocycles. The van der Waals surface area contributed by atoms with Crippen molar-refractivity contribution >= 4 is 43.6 Å². The number of ether oxygens (including phenoxy) is 1. The Kier molecular flexibility index (Phi) is 8.39. The number of hydrogen-bond donors (Lipinski definition) is 1. The Bertz CT molecular complexity index is 351. The summed E-state index contributed by atoms with van der Waals surface area (Å²) in [5.74, 6) is 2.10. The SMILES string of the molecule is COc1c(Br)cc(CNCCCCSC)cc1Br. The summed E-state index contributed by atoms with van der Waals surface area (Å²) in [5, 5.41) is 3.46. The third kappa shape index (κ3) is 5.51. The van der Waals surface area contributed by atoms with Gasteiger partial charge in [0.25, 0.3) is 0 Å². The molecule has 18 heavy (non-hydrogen) atoms. The second-order valence-electron chi connectivity index (χ2n) is 3.97. The molecule has 2 nitrogen and oxygen atoms in total. The minimum Gasteiger partial charge on any atom is -0.494 e. The summed E-state index contributed by atoms with van der Waals surface area (Å²) in [6.45, 7) is 1.96. The van der Waals surface area contributed by atoms with Crippen LogP contribution in [0.25, 0.3) is 0 Å². The Balaban J connectivity index is 2.39. The molecule has 1 N–H and O–H groups in total. The summed E-state index contributed by atoms with van der Waals surface area (Å²) in [6.07, 6.45) is 4.67. The van der Waals surface area contributed by atoms with Crippen LogP contribution in [0.1, 0.15) is 18.4 Å². The van der Waals surface area contributed by atoms with E-state index in [1.54, 1.807) is 7.11 Å². The Morgan fingerprint density at radius 2 is 1.89 bits per heavy atom. The van der Waals surface area contributed by atoms with E-state index in [0.717, 1.165) is 27.8 Å². The van der Waals surface area contributed by atoms with Crippen molar-refractivity contribution in [2.75, 3.05) is 25.7 Å². The second kappa shape index (κ2) is 9.23. The zero-order valence-electron chi connectivity index (χ0n) is 10.8. The lowest BCUT2D eigenvalue weighted by Crippen LogP contribution is -2.14. The Hall–Kier alpha value is 0.290. The standard InChI is InChI=1S/C13H19Br2NOS/c1-17-13-11(14)7-10(8-12(13)15)9-16-5-3-4-6-18-2/h7-8,16H,3-6,9H2,1-2H3. The van der Waals surface area contributed by atoms with Crippen molar-refractivity contribution in [3.05, 3.63) is 26.6 Å². The van der Waals surface area contributed by atoms with Crippen LogP contribution >= 0.6 is 43.6 Å². The molecule has 102 valence electrons. The summed E-state index contributed by atoms with van der Waals surface area (Å²) >= 11 is 8.94. The lowest BCUT2D eigenvalue weighted by Gasteiger charge is -2.10. The van der Waals surface area contributed by atoms with Crippen molar-refractivity contribution in [1.82, 2.24) is 5.32 Å². The van der Waals surface area contributed by atoms with Gasteiger partial charge in [-0.25, -0.2) is 0 Å². The fraction of sp³-hybridized carbons (Fsp3) is 0.538. The van der Waals surface area contributed by atoms with Gasteiger partial charge in [0, 0.05) is 6.54 Å². The summed E-state index contributed by atoms with van der Waals surface area (Å²) in [6, 6.07) is 4.19. The molecule has 0 spiro atoms. The van der Waals surface area contributed by atoms with Gasteiger partial charge in [0.2, 0.25) is 0 Å². The first-order valence-electron chi connectivity index (χ1n) is 5.90. The normalized spacial score (nSPS) is 10.7. The van der Waals surface area contributed by atoms with E-state index in [9.17, 15) is 0 Å². The van der Waals surface area contributed by atoms with Crippen LogP contribution in [0.5, 0.6) is 5.75 Å². The molecule has 0 saturated heterocycles. The van der Waals surface area contributed by atoms with Crippen molar-refractivity contribution in [3.8, 4) is 5.75 Å². The molecule has 1 rings (SSSR count). The van der Waals surface area contributed by atoms with Gasteiger partial charge in [-0.15, -0.1) is 0 Å². The van der Waals surface area contributed by atoms with Gasteiger partial charge in [0.1, 0.15) is 5.75 Å². The molecule has 0 saturated carbocycles. The van der Waals surface area contributed by atoms with Crippen LogP contribution in [-0.4, -0.2) is 25.7 Å². The van der Waals surface area contributed by atoms with Gasteiger partial charge < -0.3 is 10.1 Å². The zero-order valence-corrected chi connectivity index (χ0v) is 14.8. The van der Waals surface area contributed by atoms with E-state index in [-0.39, 0.29) is 0 Å². The van der Waals surface area contributed by atoms with Crippen LogP contribution < -0.4 is 10.1 Å². The molecule has 0 fully saturated rings. The number of methoxy groups -OCH3 is 1. The third-order valence-electron chi connectivity index (χ3n) is 2.54. The van der Waals surface area contributed by atoms with Crippen molar-refractivity contribution < 1.29 is 4.74 Å². The molecule has 0 aliphatic heterocycles. The van der Waals surface area contributed by atoms with Crippen LogP contribution in [0.4, 0.5) is 0 Å². The molecule has 0 bridgehead atoms. The monoisotopic (exact) mass is 395 g/mol. The fourth-order valence-electron chi connectivity index (χ4n) is 1.64. The first-order chi connectivity index (χ1) is 8.69. The first-order valence-corrected chi connectivity index (χ1v) is 8.88. The highest BCUT2D eigenvalue weighted by Gasteiger charge is 2.07. The Morgan fingerprint density at radius 3 is 2.44 bits per heavy atom. The third-order valence-corrected chi connectivity index (χ3v) is 4.42. The van der Waals surface area contributed by atoms with E-state index in [1.165, 1.54) is 24.2 Å². The number of unbranched alkanes of at least 4 members (excludes halogenated alkanes) is 1. The smallest absolute Gasteiger partial charge is 0.147 e. The molecule has 0 amide bonds. The zero-order chi connectivity index (χ0) is 13.4. The molecule has 0 radical (unpaired) electrons. The van der Waals surface area contributed by atoms with E-state index in [1.807, 2.05) is 11.8 Å². The minimum atomic E-state index is 0.846. The highest BCUT2D eigenvalue weighted by molar-refractivity contribution is 9.11. The number of rotatable bonds is 8. The number of benzene rings is 1. The number of hydrogen-bond acceptors (Lipinski definition) is 3. The maximum Gasteiger partial charge on any atom is 0.147 e. The average molecular weight is 397 g/mol. The molecule has 0 atom stereocenters. The van der Waals surface area contributed by atoms with Crippen molar-refractivity contribution in [3.63, 3.8) is 0 Å². The average Bonchev–Trinajstić information content (AvgIpc) is 2.33. The van der Waals surface area contributed by atoms with Crippen molar-refractivity contribution in [2.45, 2.75) is 19.4 Å². The van der Waals surface area contributed by atoms with Crippen LogP contribution in [0.15, 0.2) is 21.1 Å². The summed E-state index contributed by atoms with van der Waals surface area (Å²) < 4.78 is 7.25. The summed E-state index contributed by atoms with van der Waals surface area (Å²) in [5.41, 5.74) is 1.25. The van der Waals surface area contributed by atoms with Crippen molar-refractivity contribution in [2.24, 2.45) is 0 Å². The van der Waals surface area contributed by atoms with Crippen LogP contribution in [0.2, 0.25) is 0 Å². The first kappa shape index (κ1) is 16.3. The predicted octanol–water partition coefficient (Wildman–Crippen LogP) is 4.45. The van der Waals surface area contributed by atoms with Gasteiger partial charge in [-0.3, -0.25) is 0 Å². The van der Waals surface area contributed by atoms with Gasteiger partial charge in [0.05, 0.1) is 16.1 Å². The molecule has 5 heteroatoms. The molecule has 1 aromatic rings. The lowest BCUT2D eigenvalue weighted by molar-refractivity contribution is 0.409. The maximum absolute atomic E-state index is 5.28. The number of halogens is 2. The summed E-state index contributed by atoms with van der Waals surface area (Å²) in [4.78, 5) is 0. The molecule has 0 aliphatic rings. The predicted molar refractivity (Wildman–Crippen MR) is 87.7 cm³/mol. The minimum absolute atomic E-state index is 0.846. The largest absolute Gasteiger partial charge is 0.494 e. The van der Waals surface area contributed by atoms with Gasteiger partial charge in [-0.05, 0) is 81.0 Å². The van der Waals surface area contributed by atoms with E-state index >= 15 is 0 Å². The van der Waals surface area contributed by atoms with Crippen molar-refractivity contribution in [1.29, 1.82) is 0 Å². The molecular formula is C13H19Br2NOS. The molecule has 1 aromatic carbocycles. The van der Waals surface area contributed by atoms with Gasteiger partial charge in [0.15, 0.2) is 0 Å². The Morgan fingerprint density at radius 1 is 1.22 bits per heavy atom. The topological polar surface area (TPSA) is 21.3 Å². The highest BCUT2D eigenvalue weighted by Crippen LogP contribution is 2.34. The van der Waals surface area contributed by atoms with Crippen LogP contribution in [0, 0.1) is 0 Å². The number of nitrogens with one attached hydrogen (secondary N) is 1. The fourth-order valence-corrected chi connectivity index (χ4v) is 3.74. The maximum atomic E-state index is 5.28.